The molecule has 0 N–H and O–H groups in total. The zero-order valence-electron chi connectivity index (χ0n) is 9.56. The quantitative estimate of drug-likeness (QED) is 0.628. The molecule has 3 nitrogen and oxygen atoms in total. The van der Waals surface area contributed by atoms with Crippen molar-refractivity contribution in [3.8, 4) is 11.3 Å². The van der Waals surface area contributed by atoms with E-state index in [4.69, 9.17) is 11.6 Å². The SMILES string of the molecule is Cc1cc(Cl)n2nc(-c3cccc(F)c3)cc2n1. The summed E-state index contributed by atoms with van der Waals surface area (Å²) in [5.74, 6) is -0.292. The molecular formula is C13H9ClFN3. The van der Waals surface area contributed by atoms with Crippen LogP contribution in [0.2, 0.25) is 5.15 Å². The van der Waals surface area contributed by atoms with Gasteiger partial charge in [0.1, 0.15) is 11.0 Å². The third-order valence-corrected chi connectivity index (χ3v) is 2.90. The van der Waals surface area contributed by atoms with Gasteiger partial charge in [0, 0.05) is 17.3 Å². The number of halogens is 2. The lowest BCUT2D eigenvalue weighted by molar-refractivity contribution is 0.628. The van der Waals surface area contributed by atoms with E-state index in [1.54, 1.807) is 24.3 Å². The van der Waals surface area contributed by atoms with Crippen LogP contribution in [0.25, 0.3) is 16.9 Å². The van der Waals surface area contributed by atoms with Crippen LogP contribution in [0.4, 0.5) is 4.39 Å². The highest BCUT2D eigenvalue weighted by molar-refractivity contribution is 6.29. The second kappa shape index (κ2) is 4.07. The van der Waals surface area contributed by atoms with Gasteiger partial charge in [-0.3, -0.25) is 0 Å². The van der Waals surface area contributed by atoms with Gasteiger partial charge in [0.15, 0.2) is 5.65 Å². The van der Waals surface area contributed by atoms with Crippen molar-refractivity contribution in [2.45, 2.75) is 6.92 Å². The number of aryl methyl sites for hydroxylation is 1. The number of benzene rings is 1. The summed E-state index contributed by atoms with van der Waals surface area (Å²) in [7, 11) is 0. The summed E-state index contributed by atoms with van der Waals surface area (Å²) >= 11 is 6.08. The Morgan fingerprint density at radius 1 is 1.22 bits per heavy atom. The van der Waals surface area contributed by atoms with Crippen molar-refractivity contribution in [1.29, 1.82) is 0 Å². The Morgan fingerprint density at radius 3 is 2.83 bits per heavy atom. The Hall–Kier alpha value is -1.94. The molecule has 0 bridgehead atoms. The number of fused-ring (bicyclic) bond motifs is 1. The van der Waals surface area contributed by atoms with Gasteiger partial charge in [0.25, 0.3) is 0 Å². The smallest absolute Gasteiger partial charge is 0.157 e. The van der Waals surface area contributed by atoms with E-state index >= 15 is 0 Å². The Bertz CT molecular complexity index is 736. The average Bonchev–Trinajstić information content (AvgIpc) is 2.73. The molecule has 0 saturated heterocycles. The van der Waals surface area contributed by atoms with Gasteiger partial charge in [-0.25, -0.2) is 13.9 Å². The molecule has 2 heterocycles. The molecule has 0 aliphatic carbocycles. The van der Waals surface area contributed by atoms with Gasteiger partial charge in [0.2, 0.25) is 0 Å². The molecule has 18 heavy (non-hydrogen) atoms. The molecule has 0 saturated carbocycles. The molecule has 0 atom stereocenters. The molecule has 0 amide bonds. The first kappa shape index (κ1) is 11.2. The number of hydrogen-bond acceptors (Lipinski definition) is 2. The maximum atomic E-state index is 13.2. The molecule has 90 valence electrons. The Labute approximate surface area is 108 Å². The van der Waals surface area contributed by atoms with Crippen LogP contribution in [0.5, 0.6) is 0 Å². The van der Waals surface area contributed by atoms with Crippen LogP contribution in [0.15, 0.2) is 36.4 Å². The summed E-state index contributed by atoms with van der Waals surface area (Å²) in [6.45, 7) is 1.86. The van der Waals surface area contributed by atoms with E-state index in [1.807, 2.05) is 6.92 Å². The second-order valence-electron chi connectivity index (χ2n) is 4.03. The first-order chi connectivity index (χ1) is 8.63. The molecule has 0 fully saturated rings. The van der Waals surface area contributed by atoms with Crippen LogP contribution in [0, 0.1) is 12.7 Å². The average molecular weight is 262 g/mol. The van der Waals surface area contributed by atoms with Crippen LogP contribution in [-0.2, 0) is 0 Å². The summed E-state index contributed by atoms with van der Waals surface area (Å²) in [5, 5.41) is 4.81. The van der Waals surface area contributed by atoms with Gasteiger partial charge in [-0.05, 0) is 25.1 Å². The third-order valence-electron chi connectivity index (χ3n) is 2.63. The lowest BCUT2D eigenvalue weighted by Gasteiger charge is -1.97. The summed E-state index contributed by atoms with van der Waals surface area (Å²) in [4.78, 5) is 4.33. The summed E-state index contributed by atoms with van der Waals surface area (Å²) in [6.07, 6.45) is 0. The summed E-state index contributed by atoms with van der Waals surface area (Å²) in [5.41, 5.74) is 2.82. The molecule has 0 aliphatic heterocycles. The minimum Gasteiger partial charge on any atom is -0.234 e. The largest absolute Gasteiger partial charge is 0.234 e. The van der Waals surface area contributed by atoms with E-state index in [0.29, 0.717) is 22.1 Å². The van der Waals surface area contributed by atoms with E-state index in [0.717, 1.165) is 5.69 Å². The van der Waals surface area contributed by atoms with Gasteiger partial charge < -0.3 is 0 Å². The first-order valence-electron chi connectivity index (χ1n) is 5.42. The molecule has 1 aromatic carbocycles. The van der Waals surface area contributed by atoms with Gasteiger partial charge >= 0.3 is 0 Å². The minimum atomic E-state index is -0.292. The molecule has 3 rings (SSSR count). The molecular weight excluding hydrogens is 253 g/mol. The monoisotopic (exact) mass is 261 g/mol. The van der Waals surface area contributed by atoms with Crippen molar-refractivity contribution in [1.82, 2.24) is 14.6 Å². The highest BCUT2D eigenvalue weighted by Crippen LogP contribution is 2.22. The van der Waals surface area contributed by atoms with Crippen LogP contribution >= 0.6 is 11.6 Å². The molecule has 5 heteroatoms. The summed E-state index contributed by atoms with van der Waals surface area (Å²) < 4.78 is 14.7. The van der Waals surface area contributed by atoms with Crippen LogP contribution < -0.4 is 0 Å². The van der Waals surface area contributed by atoms with Crippen molar-refractivity contribution in [3.05, 3.63) is 53.1 Å². The lowest BCUT2D eigenvalue weighted by Crippen LogP contribution is -1.93. The maximum absolute atomic E-state index is 13.2. The molecule has 0 unspecified atom stereocenters. The topological polar surface area (TPSA) is 30.2 Å². The van der Waals surface area contributed by atoms with Gasteiger partial charge in [-0.2, -0.15) is 5.10 Å². The van der Waals surface area contributed by atoms with Crippen molar-refractivity contribution in [2.75, 3.05) is 0 Å². The fraction of sp³-hybridized carbons (Fsp3) is 0.0769. The zero-order chi connectivity index (χ0) is 12.7. The van der Waals surface area contributed by atoms with Crippen molar-refractivity contribution >= 4 is 17.2 Å². The number of aromatic nitrogens is 3. The fourth-order valence-corrected chi connectivity index (χ4v) is 2.13. The van der Waals surface area contributed by atoms with E-state index in [-0.39, 0.29) is 5.82 Å². The lowest BCUT2D eigenvalue weighted by atomic mass is 10.1. The number of rotatable bonds is 1. The van der Waals surface area contributed by atoms with E-state index in [2.05, 4.69) is 10.1 Å². The molecule has 3 aromatic rings. The third kappa shape index (κ3) is 1.84. The van der Waals surface area contributed by atoms with E-state index < -0.39 is 0 Å². The Balaban J connectivity index is 2.22. The van der Waals surface area contributed by atoms with E-state index in [1.165, 1.54) is 16.6 Å². The number of hydrogen-bond donors (Lipinski definition) is 0. The molecule has 0 aliphatic rings. The first-order valence-corrected chi connectivity index (χ1v) is 5.80. The van der Waals surface area contributed by atoms with Gasteiger partial charge in [-0.1, -0.05) is 23.7 Å². The number of nitrogens with zero attached hydrogens (tertiary/aromatic N) is 3. The van der Waals surface area contributed by atoms with Gasteiger partial charge in [0.05, 0.1) is 5.69 Å². The maximum Gasteiger partial charge on any atom is 0.157 e. The van der Waals surface area contributed by atoms with Crippen LogP contribution in [0.1, 0.15) is 5.69 Å². The van der Waals surface area contributed by atoms with Crippen LogP contribution in [-0.4, -0.2) is 14.6 Å². The second-order valence-corrected chi connectivity index (χ2v) is 4.42. The predicted octanol–water partition coefficient (Wildman–Crippen LogP) is 3.50. The molecule has 0 spiro atoms. The standard InChI is InChI=1S/C13H9ClFN3/c1-8-5-12(14)18-13(16-8)7-11(17-18)9-3-2-4-10(15)6-9/h2-7H,1H3. The highest BCUT2D eigenvalue weighted by Gasteiger charge is 2.08. The highest BCUT2D eigenvalue weighted by atomic mass is 35.5. The minimum absolute atomic E-state index is 0.292. The van der Waals surface area contributed by atoms with E-state index in [9.17, 15) is 4.39 Å². The zero-order valence-corrected chi connectivity index (χ0v) is 10.3. The van der Waals surface area contributed by atoms with Crippen molar-refractivity contribution in [2.24, 2.45) is 0 Å². The summed E-state index contributed by atoms with van der Waals surface area (Å²) in [6, 6.07) is 9.79. The predicted molar refractivity (Wildman–Crippen MR) is 68.1 cm³/mol. The van der Waals surface area contributed by atoms with Crippen molar-refractivity contribution in [3.63, 3.8) is 0 Å². The molecule has 0 radical (unpaired) electrons. The normalized spacial score (nSPS) is 11.1. The molecule has 2 aromatic heterocycles. The fourth-order valence-electron chi connectivity index (χ4n) is 1.84. The van der Waals surface area contributed by atoms with Crippen LogP contribution in [0.3, 0.4) is 0 Å². The Kier molecular flexibility index (Phi) is 2.52. The Morgan fingerprint density at radius 2 is 2.06 bits per heavy atom. The van der Waals surface area contributed by atoms with Crippen molar-refractivity contribution < 1.29 is 4.39 Å². The van der Waals surface area contributed by atoms with Gasteiger partial charge in [-0.15, -0.1) is 0 Å².